The van der Waals surface area contributed by atoms with Gasteiger partial charge in [-0.15, -0.1) is 0 Å². The van der Waals surface area contributed by atoms with Gasteiger partial charge in [0, 0.05) is 19.0 Å². The van der Waals surface area contributed by atoms with Crippen LogP contribution >= 0.6 is 23.2 Å². The van der Waals surface area contributed by atoms with Crippen molar-refractivity contribution >= 4 is 50.6 Å². The van der Waals surface area contributed by atoms with Crippen LogP contribution in [0.25, 0.3) is 0 Å². The van der Waals surface area contributed by atoms with Crippen LogP contribution in [0.1, 0.15) is 12.2 Å². The third-order valence-corrected chi connectivity index (χ3v) is 4.96. The van der Waals surface area contributed by atoms with Gasteiger partial charge in [-0.25, -0.2) is 8.42 Å². The molecule has 1 aromatic heterocycles. The third kappa shape index (κ3) is 4.86. The van der Waals surface area contributed by atoms with Gasteiger partial charge in [-0.3, -0.25) is 9.10 Å². The molecule has 1 heterocycles. The molecule has 0 radical (unpaired) electrons. The van der Waals surface area contributed by atoms with E-state index in [1.807, 2.05) is 0 Å². The number of carbonyl (C=O) groups is 1. The zero-order valence-electron chi connectivity index (χ0n) is 12.9. The number of nitrogens with zero attached hydrogens (tertiary/aromatic N) is 2. The van der Waals surface area contributed by atoms with E-state index in [2.05, 4.69) is 10.5 Å². The van der Waals surface area contributed by atoms with Crippen molar-refractivity contribution < 1.29 is 17.7 Å². The number of carbonyl (C=O) groups excluding carboxylic acids is 1. The molecule has 0 unspecified atom stereocenters. The molecule has 0 fully saturated rings. The van der Waals surface area contributed by atoms with Crippen LogP contribution in [0.5, 0.6) is 0 Å². The highest BCUT2D eigenvalue weighted by molar-refractivity contribution is 7.92. The Labute approximate surface area is 149 Å². The molecule has 0 saturated heterocycles. The second-order valence-corrected chi connectivity index (χ2v) is 7.78. The van der Waals surface area contributed by atoms with Crippen molar-refractivity contribution in [1.29, 1.82) is 0 Å². The van der Waals surface area contributed by atoms with Crippen molar-refractivity contribution in [2.24, 2.45) is 0 Å². The first-order valence-corrected chi connectivity index (χ1v) is 9.43. The molecule has 1 N–H and O–H groups in total. The summed E-state index contributed by atoms with van der Waals surface area (Å²) in [4.78, 5) is 11.9. The second-order valence-electron chi connectivity index (χ2n) is 5.05. The number of sulfonamides is 1. The minimum absolute atomic E-state index is 0.0561. The lowest BCUT2D eigenvalue weighted by molar-refractivity contribution is -0.116. The first kappa shape index (κ1) is 18.6. The van der Waals surface area contributed by atoms with Gasteiger partial charge in [0.1, 0.15) is 5.76 Å². The molecule has 0 aliphatic heterocycles. The molecule has 0 aliphatic rings. The third-order valence-electron chi connectivity index (χ3n) is 3.03. The molecule has 1 aromatic carbocycles. The quantitative estimate of drug-likeness (QED) is 0.816. The molecule has 0 aliphatic carbocycles. The van der Waals surface area contributed by atoms with Gasteiger partial charge in [0.15, 0.2) is 5.82 Å². The van der Waals surface area contributed by atoms with E-state index in [1.165, 1.54) is 18.2 Å². The molecule has 10 heteroatoms. The molecule has 2 aromatic rings. The van der Waals surface area contributed by atoms with Crippen LogP contribution in [-0.2, 0) is 14.8 Å². The summed E-state index contributed by atoms with van der Waals surface area (Å²) in [6.45, 7) is 1.64. The lowest BCUT2D eigenvalue weighted by Gasteiger charge is -2.22. The maximum atomic E-state index is 12.0. The lowest BCUT2D eigenvalue weighted by Crippen LogP contribution is -2.33. The highest BCUT2D eigenvalue weighted by Crippen LogP contribution is 2.28. The van der Waals surface area contributed by atoms with Gasteiger partial charge in [-0.2, -0.15) is 0 Å². The van der Waals surface area contributed by atoms with E-state index < -0.39 is 15.9 Å². The SMILES string of the molecule is Cc1cc(NC(=O)CCN(c2ccc(Cl)c(Cl)c2)S(C)(=O)=O)no1. The average molecular weight is 392 g/mol. The van der Waals surface area contributed by atoms with Gasteiger partial charge in [-0.1, -0.05) is 28.4 Å². The van der Waals surface area contributed by atoms with E-state index in [-0.39, 0.29) is 23.8 Å². The van der Waals surface area contributed by atoms with Crippen molar-refractivity contribution in [3.63, 3.8) is 0 Å². The van der Waals surface area contributed by atoms with E-state index in [0.29, 0.717) is 16.5 Å². The Kier molecular flexibility index (Phi) is 5.74. The van der Waals surface area contributed by atoms with E-state index >= 15 is 0 Å². The molecule has 130 valence electrons. The normalized spacial score (nSPS) is 11.3. The fourth-order valence-electron chi connectivity index (χ4n) is 1.96. The highest BCUT2D eigenvalue weighted by atomic mass is 35.5. The van der Waals surface area contributed by atoms with Gasteiger partial charge in [0.25, 0.3) is 0 Å². The first-order valence-electron chi connectivity index (χ1n) is 6.83. The van der Waals surface area contributed by atoms with Crippen LogP contribution in [-0.4, -0.2) is 32.3 Å². The summed E-state index contributed by atoms with van der Waals surface area (Å²) in [6.07, 6.45) is 0.980. The summed E-state index contributed by atoms with van der Waals surface area (Å²) < 4.78 is 29.9. The van der Waals surface area contributed by atoms with Crippen LogP contribution in [0.4, 0.5) is 11.5 Å². The van der Waals surface area contributed by atoms with Crippen LogP contribution in [0, 0.1) is 6.92 Å². The number of anilines is 2. The summed E-state index contributed by atoms with van der Waals surface area (Å²) in [7, 11) is -3.59. The number of aromatic nitrogens is 1. The van der Waals surface area contributed by atoms with E-state index in [9.17, 15) is 13.2 Å². The summed E-state index contributed by atoms with van der Waals surface area (Å²) in [5.74, 6) is 0.439. The van der Waals surface area contributed by atoms with Gasteiger partial charge >= 0.3 is 0 Å². The van der Waals surface area contributed by atoms with Crippen molar-refractivity contribution in [1.82, 2.24) is 5.16 Å². The zero-order valence-corrected chi connectivity index (χ0v) is 15.2. The number of rotatable bonds is 6. The maximum Gasteiger partial charge on any atom is 0.232 e. The average Bonchev–Trinajstić information content (AvgIpc) is 2.86. The van der Waals surface area contributed by atoms with Crippen LogP contribution in [0.3, 0.4) is 0 Å². The molecular weight excluding hydrogens is 377 g/mol. The lowest BCUT2D eigenvalue weighted by atomic mass is 10.3. The van der Waals surface area contributed by atoms with E-state index in [1.54, 1.807) is 13.0 Å². The number of amides is 1. The fraction of sp³-hybridized carbons (Fsp3) is 0.286. The van der Waals surface area contributed by atoms with Gasteiger partial charge in [0.2, 0.25) is 15.9 Å². The molecule has 0 spiro atoms. The molecule has 24 heavy (non-hydrogen) atoms. The number of hydrogen-bond donors (Lipinski definition) is 1. The summed E-state index contributed by atoms with van der Waals surface area (Å²) in [5, 5.41) is 6.71. The Morgan fingerprint density at radius 2 is 2.00 bits per heavy atom. The van der Waals surface area contributed by atoms with Gasteiger partial charge in [-0.05, 0) is 25.1 Å². The molecular formula is C14H15Cl2N3O4S. The highest BCUT2D eigenvalue weighted by Gasteiger charge is 2.20. The van der Waals surface area contributed by atoms with E-state index in [4.69, 9.17) is 27.7 Å². The van der Waals surface area contributed by atoms with Gasteiger partial charge < -0.3 is 9.84 Å². The van der Waals surface area contributed by atoms with Crippen LogP contribution < -0.4 is 9.62 Å². The summed E-state index contributed by atoms with van der Waals surface area (Å²) >= 11 is 11.8. The van der Waals surface area contributed by atoms with Crippen molar-refractivity contribution in [3.05, 3.63) is 40.1 Å². The smallest absolute Gasteiger partial charge is 0.232 e. The minimum atomic E-state index is -3.59. The van der Waals surface area contributed by atoms with Crippen LogP contribution in [0.15, 0.2) is 28.8 Å². The Morgan fingerprint density at radius 3 is 2.54 bits per heavy atom. The van der Waals surface area contributed by atoms with Crippen molar-refractivity contribution in [2.75, 3.05) is 22.4 Å². The second kappa shape index (κ2) is 7.42. The number of nitrogens with one attached hydrogen (secondary N) is 1. The molecule has 7 nitrogen and oxygen atoms in total. The number of benzene rings is 1. The monoisotopic (exact) mass is 391 g/mol. The van der Waals surface area contributed by atoms with Crippen molar-refractivity contribution in [2.45, 2.75) is 13.3 Å². The molecule has 2 rings (SSSR count). The molecule has 0 saturated carbocycles. The van der Waals surface area contributed by atoms with Crippen LogP contribution in [0.2, 0.25) is 10.0 Å². The van der Waals surface area contributed by atoms with Gasteiger partial charge in [0.05, 0.1) is 22.0 Å². The molecule has 0 bridgehead atoms. The Hall–Kier alpha value is -1.77. The maximum absolute atomic E-state index is 12.0. The molecule has 1 amide bonds. The topological polar surface area (TPSA) is 92.5 Å². The zero-order chi connectivity index (χ0) is 17.9. The predicted molar refractivity (Wildman–Crippen MR) is 93.1 cm³/mol. The Morgan fingerprint density at radius 1 is 1.29 bits per heavy atom. The number of halogens is 2. The largest absolute Gasteiger partial charge is 0.360 e. The predicted octanol–water partition coefficient (Wildman–Crippen LogP) is 3.08. The summed E-state index contributed by atoms with van der Waals surface area (Å²) in [5.41, 5.74) is 0.331. The number of hydrogen-bond acceptors (Lipinski definition) is 5. The van der Waals surface area contributed by atoms with Crippen molar-refractivity contribution in [3.8, 4) is 0 Å². The number of aryl methyl sites for hydroxylation is 1. The summed E-state index contributed by atoms with van der Waals surface area (Å²) in [6, 6.07) is 6.01. The molecule has 0 atom stereocenters. The Balaban J connectivity index is 2.09. The first-order chi connectivity index (χ1) is 11.2. The van der Waals surface area contributed by atoms with E-state index in [0.717, 1.165) is 10.6 Å². The fourth-order valence-corrected chi connectivity index (χ4v) is 3.17. The standard InChI is InChI=1S/C14H15Cl2N3O4S/c1-9-7-13(18-23-9)17-14(20)5-6-19(24(2,21)22)10-3-4-11(15)12(16)8-10/h3-4,7-8H,5-6H2,1-2H3,(H,17,18,20). The Bertz CT molecular complexity index is 851. The minimum Gasteiger partial charge on any atom is -0.360 e.